The van der Waals surface area contributed by atoms with Crippen LogP contribution in [0.2, 0.25) is 0 Å². The zero-order chi connectivity index (χ0) is 13.2. The van der Waals surface area contributed by atoms with Gasteiger partial charge in [-0.25, -0.2) is 4.98 Å². The molecule has 2 N–H and O–H groups in total. The molecule has 19 heavy (non-hydrogen) atoms. The molecule has 0 unspecified atom stereocenters. The van der Waals surface area contributed by atoms with Crippen molar-refractivity contribution in [2.24, 2.45) is 5.73 Å². The lowest BCUT2D eigenvalue weighted by molar-refractivity contribution is 1.03. The normalized spacial score (nSPS) is 10.5. The van der Waals surface area contributed by atoms with E-state index in [1.54, 1.807) is 12.1 Å². The van der Waals surface area contributed by atoms with Crippen LogP contribution in [-0.2, 0) is 6.54 Å². The molecule has 0 saturated heterocycles. The number of pyridine rings is 1. The van der Waals surface area contributed by atoms with Gasteiger partial charge >= 0.3 is 0 Å². The third-order valence-corrected chi connectivity index (χ3v) is 3.06. The third kappa shape index (κ3) is 2.07. The van der Waals surface area contributed by atoms with E-state index in [0.29, 0.717) is 12.1 Å². The van der Waals surface area contributed by atoms with E-state index >= 15 is 0 Å². The number of nitrogens with zero attached hydrogens (tertiary/aromatic N) is 3. The summed E-state index contributed by atoms with van der Waals surface area (Å²) in [5.41, 5.74) is 10.1. The fourth-order valence-corrected chi connectivity index (χ4v) is 2.01. The van der Waals surface area contributed by atoms with Crippen molar-refractivity contribution < 1.29 is 0 Å². The topological polar surface area (TPSA) is 67.1 Å². The van der Waals surface area contributed by atoms with Gasteiger partial charge in [-0.3, -0.25) is 0 Å². The van der Waals surface area contributed by atoms with Crippen LogP contribution in [0.25, 0.3) is 16.9 Å². The molecular formula is C15H12N4. The Labute approximate surface area is 110 Å². The number of hydrogen-bond donors (Lipinski definition) is 1. The Hall–Kier alpha value is -2.64. The molecule has 4 nitrogen and oxygen atoms in total. The van der Waals surface area contributed by atoms with Gasteiger partial charge in [-0.05, 0) is 23.8 Å². The summed E-state index contributed by atoms with van der Waals surface area (Å²) < 4.78 is 1.97. The standard InChI is InChI=1S/C15H12N4/c16-7-11-1-4-13(5-2-11)14-10-19-9-12(8-17)3-6-15(19)18-14/h1-6,9-10H,8,17H2. The first-order chi connectivity index (χ1) is 9.30. The molecule has 0 saturated carbocycles. The van der Waals surface area contributed by atoms with Crippen molar-refractivity contribution in [2.75, 3.05) is 0 Å². The van der Waals surface area contributed by atoms with Crippen LogP contribution in [0, 0.1) is 11.3 Å². The summed E-state index contributed by atoms with van der Waals surface area (Å²) in [6.07, 6.45) is 3.95. The molecule has 3 aromatic rings. The monoisotopic (exact) mass is 248 g/mol. The van der Waals surface area contributed by atoms with Crippen LogP contribution in [0.15, 0.2) is 48.8 Å². The highest BCUT2D eigenvalue weighted by molar-refractivity contribution is 5.63. The van der Waals surface area contributed by atoms with Crippen LogP contribution >= 0.6 is 0 Å². The number of fused-ring (bicyclic) bond motifs is 1. The van der Waals surface area contributed by atoms with E-state index in [1.807, 2.05) is 41.1 Å². The van der Waals surface area contributed by atoms with E-state index in [1.165, 1.54) is 0 Å². The first kappa shape index (κ1) is 11.5. The molecule has 0 amide bonds. The number of hydrogen-bond acceptors (Lipinski definition) is 3. The highest BCUT2D eigenvalue weighted by atomic mass is 15.0. The number of nitriles is 1. The van der Waals surface area contributed by atoms with E-state index in [-0.39, 0.29) is 0 Å². The van der Waals surface area contributed by atoms with Crippen LogP contribution in [0.4, 0.5) is 0 Å². The molecule has 2 aromatic heterocycles. The van der Waals surface area contributed by atoms with Gasteiger partial charge in [0, 0.05) is 24.5 Å². The first-order valence-corrected chi connectivity index (χ1v) is 5.98. The minimum atomic E-state index is 0.514. The van der Waals surface area contributed by atoms with Gasteiger partial charge in [0.2, 0.25) is 0 Å². The Morgan fingerprint density at radius 3 is 2.58 bits per heavy atom. The van der Waals surface area contributed by atoms with Crippen LogP contribution in [-0.4, -0.2) is 9.38 Å². The fraction of sp³-hybridized carbons (Fsp3) is 0.0667. The van der Waals surface area contributed by atoms with Crippen molar-refractivity contribution >= 4 is 5.65 Å². The van der Waals surface area contributed by atoms with Crippen molar-refractivity contribution in [3.05, 3.63) is 59.9 Å². The van der Waals surface area contributed by atoms with Crippen molar-refractivity contribution in [3.63, 3.8) is 0 Å². The molecule has 2 heterocycles. The van der Waals surface area contributed by atoms with Crippen molar-refractivity contribution in [1.29, 1.82) is 5.26 Å². The van der Waals surface area contributed by atoms with Gasteiger partial charge < -0.3 is 10.1 Å². The van der Waals surface area contributed by atoms with Gasteiger partial charge in [0.1, 0.15) is 5.65 Å². The van der Waals surface area contributed by atoms with Crippen LogP contribution in [0.5, 0.6) is 0 Å². The molecule has 0 bridgehead atoms. The van der Waals surface area contributed by atoms with Gasteiger partial charge in [-0.2, -0.15) is 5.26 Å². The average Bonchev–Trinajstić information content (AvgIpc) is 2.90. The number of benzene rings is 1. The van der Waals surface area contributed by atoms with Gasteiger partial charge in [-0.1, -0.05) is 18.2 Å². The van der Waals surface area contributed by atoms with Gasteiger partial charge in [0.25, 0.3) is 0 Å². The zero-order valence-corrected chi connectivity index (χ0v) is 10.2. The lowest BCUT2D eigenvalue weighted by Crippen LogP contribution is -1.97. The fourth-order valence-electron chi connectivity index (χ4n) is 2.01. The van der Waals surface area contributed by atoms with Crippen LogP contribution < -0.4 is 5.73 Å². The van der Waals surface area contributed by atoms with E-state index in [9.17, 15) is 0 Å². The summed E-state index contributed by atoms with van der Waals surface area (Å²) in [6.45, 7) is 0.514. The zero-order valence-electron chi connectivity index (χ0n) is 10.2. The molecule has 3 rings (SSSR count). The summed E-state index contributed by atoms with van der Waals surface area (Å²) in [5.74, 6) is 0. The van der Waals surface area contributed by atoms with Gasteiger partial charge in [-0.15, -0.1) is 0 Å². The van der Waals surface area contributed by atoms with Crippen LogP contribution in [0.3, 0.4) is 0 Å². The smallest absolute Gasteiger partial charge is 0.137 e. The number of rotatable bonds is 2. The Morgan fingerprint density at radius 1 is 1.11 bits per heavy atom. The lowest BCUT2D eigenvalue weighted by atomic mass is 10.1. The SMILES string of the molecule is N#Cc1ccc(-c2cn3cc(CN)ccc3n2)cc1. The van der Waals surface area contributed by atoms with Gasteiger partial charge in [0.05, 0.1) is 17.3 Å². The summed E-state index contributed by atoms with van der Waals surface area (Å²) in [5, 5.41) is 8.79. The molecule has 0 atom stereocenters. The molecule has 0 fully saturated rings. The maximum atomic E-state index is 8.79. The Bertz CT molecular complexity index is 763. The molecular weight excluding hydrogens is 236 g/mol. The minimum Gasteiger partial charge on any atom is -0.326 e. The molecule has 0 aliphatic carbocycles. The Morgan fingerprint density at radius 2 is 1.89 bits per heavy atom. The Balaban J connectivity index is 2.07. The van der Waals surface area contributed by atoms with E-state index in [4.69, 9.17) is 11.0 Å². The van der Waals surface area contributed by atoms with E-state index in [0.717, 1.165) is 22.5 Å². The van der Waals surface area contributed by atoms with E-state index < -0.39 is 0 Å². The van der Waals surface area contributed by atoms with Crippen LogP contribution in [0.1, 0.15) is 11.1 Å². The second kappa shape index (κ2) is 4.56. The van der Waals surface area contributed by atoms with Gasteiger partial charge in [0.15, 0.2) is 0 Å². The summed E-state index contributed by atoms with van der Waals surface area (Å²) in [4.78, 5) is 4.55. The predicted octanol–water partition coefficient (Wildman–Crippen LogP) is 2.33. The number of nitrogens with two attached hydrogens (primary N) is 1. The number of aromatic nitrogens is 2. The maximum absolute atomic E-state index is 8.79. The lowest BCUT2D eigenvalue weighted by Gasteiger charge is -1.96. The maximum Gasteiger partial charge on any atom is 0.137 e. The molecule has 92 valence electrons. The third-order valence-electron chi connectivity index (χ3n) is 3.06. The summed E-state index contributed by atoms with van der Waals surface area (Å²) in [6, 6.07) is 13.4. The highest BCUT2D eigenvalue weighted by Gasteiger charge is 2.04. The second-order valence-electron chi connectivity index (χ2n) is 4.32. The summed E-state index contributed by atoms with van der Waals surface area (Å²) >= 11 is 0. The quantitative estimate of drug-likeness (QED) is 0.756. The Kier molecular flexibility index (Phi) is 2.75. The number of imidazole rings is 1. The van der Waals surface area contributed by atoms with Crippen molar-refractivity contribution in [1.82, 2.24) is 9.38 Å². The molecule has 0 spiro atoms. The molecule has 4 heteroatoms. The molecule has 0 aliphatic heterocycles. The van der Waals surface area contributed by atoms with E-state index in [2.05, 4.69) is 11.1 Å². The first-order valence-electron chi connectivity index (χ1n) is 5.98. The highest BCUT2D eigenvalue weighted by Crippen LogP contribution is 2.20. The molecule has 0 aliphatic rings. The second-order valence-corrected chi connectivity index (χ2v) is 4.32. The predicted molar refractivity (Wildman–Crippen MR) is 73.2 cm³/mol. The molecule has 0 radical (unpaired) electrons. The minimum absolute atomic E-state index is 0.514. The summed E-state index contributed by atoms with van der Waals surface area (Å²) in [7, 11) is 0. The average molecular weight is 248 g/mol. The largest absolute Gasteiger partial charge is 0.326 e. The van der Waals surface area contributed by atoms with Crippen molar-refractivity contribution in [2.45, 2.75) is 6.54 Å². The molecule has 1 aromatic carbocycles. The van der Waals surface area contributed by atoms with Crippen molar-refractivity contribution in [3.8, 4) is 17.3 Å².